The summed E-state index contributed by atoms with van der Waals surface area (Å²) < 4.78 is 15.0. The molecule has 6 aromatic carbocycles. The lowest BCUT2D eigenvalue weighted by Crippen LogP contribution is -2.00. The van der Waals surface area contributed by atoms with E-state index < -0.39 is 0 Å². The molecule has 196 valence electrons. The number of nitrogens with zero attached hydrogens (tertiary/aromatic N) is 2. The van der Waals surface area contributed by atoms with Crippen LogP contribution in [-0.2, 0) is 6.42 Å². The summed E-state index contributed by atoms with van der Waals surface area (Å²) in [4.78, 5) is 0. The third-order valence-corrected chi connectivity index (χ3v) is 8.47. The fraction of sp³-hybridized carbons (Fsp3) is 0.0263. The Labute approximate surface area is 240 Å². The molecule has 9 rings (SSSR count). The number of para-hydroxylation sites is 3. The van der Waals surface area contributed by atoms with Crippen LogP contribution in [-0.4, -0.2) is 4.57 Å². The molecule has 4 nitrogen and oxygen atoms in total. The molecular formula is C38H22N2O2. The van der Waals surface area contributed by atoms with Crippen molar-refractivity contribution in [3.05, 3.63) is 138 Å². The van der Waals surface area contributed by atoms with Gasteiger partial charge in [-0.15, -0.1) is 0 Å². The number of aromatic nitrogens is 1. The zero-order valence-corrected chi connectivity index (χ0v) is 22.5. The summed E-state index contributed by atoms with van der Waals surface area (Å²) in [7, 11) is 0. The number of fused-ring (bicyclic) bond motifs is 10. The first-order valence-electron chi connectivity index (χ1n) is 14.0. The monoisotopic (exact) mass is 538 g/mol. The molecule has 0 aliphatic heterocycles. The van der Waals surface area contributed by atoms with Crippen molar-refractivity contribution in [2.45, 2.75) is 6.42 Å². The molecule has 0 bridgehead atoms. The van der Waals surface area contributed by atoms with Gasteiger partial charge in [-0.3, -0.25) is 0 Å². The Morgan fingerprint density at radius 3 is 2.19 bits per heavy atom. The summed E-state index contributed by atoms with van der Waals surface area (Å²) in [5.74, 6) is 0. The van der Waals surface area contributed by atoms with E-state index in [1.807, 2.05) is 30.3 Å². The Morgan fingerprint density at radius 2 is 1.29 bits per heavy atom. The summed E-state index contributed by atoms with van der Waals surface area (Å²) in [5.41, 5.74) is 9.78. The summed E-state index contributed by atoms with van der Waals surface area (Å²) >= 11 is 0. The molecule has 0 spiro atoms. The van der Waals surface area contributed by atoms with Crippen LogP contribution in [0, 0.1) is 11.3 Å². The molecule has 0 atom stereocenters. The predicted molar refractivity (Wildman–Crippen MR) is 169 cm³/mol. The molecule has 0 radical (unpaired) electrons. The van der Waals surface area contributed by atoms with Crippen molar-refractivity contribution in [2.75, 3.05) is 0 Å². The van der Waals surface area contributed by atoms with E-state index in [1.54, 1.807) is 6.07 Å². The van der Waals surface area contributed by atoms with Crippen LogP contribution >= 0.6 is 0 Å². The summed E-state index contributed by atoms with van der Waals surface area (Å²) in [6, 6.07) is 44.1. The van der Waals surface area contributed by atoms with Crippen LogP contribution in [0.25, 0.3) is 71.4 Å². The molecule has 0 fully saturated rings. The standard InChI is InChI=1S/C38H22N2O2/c39-22-24-14-18-36-31(21-24)30-20-23(13-17-35(30)41-36)19-25-7-1-4-10-32(25)40-33-11-5-2-8-26(33)28-15-16-29-27-9-3-6-12-34(27)42-38(29)37(28)40/h1-18,20-21H,19H2. The van der Waals surface area contributed by atoms with Crippen molar-refractivity contribution in [1.82, 2.24) is 4.57 Å². The van der Waals surface area contributed by atoms with Gasteiger partial charge in [0.05, 0.1) is 22.7 Å². The van der Waals surface area contributed by atoms with E-state index in [9.17, 15) is 5.26 Å². The molecule has 4 heteroatoms. The Bertz CT molecular complexity index is 2570. The molecule has 0 aliphatic carbocycles. The Morgan fingerprint density at radius 1 is 0.571 bits per heavy atom. The molecule has 0 amide bonds. The number of rotatable bonds is 3. The quantitative estimate of drug-likeness (QED) is 0.225. The second kappa shape index (κ2) is 8.60. The number of furan rings is 2. The maximum atomic E-state index is 9.45. The van der Waals surface area contributed by atoms with Gasteiger partial charge < -0.3 is 13.4 Å². The smallest absolute Gasteiger partial charge is 0.160 e. The molecule has 0 unspecified atom stereocenters. The lowest BCUT2D eigenvalue weighted by molar-refractivity contribution is 0.668. The van der Waals surface area contributed by atoms with Crippen molar-refractivity contribution >= 4 is 65.7 Å². The van der Waals surface area contributed by atoms with Crippen LogP contribution in [0.5, 0.6) is 0 Å². The van der Waals surface area contributed by atoms with Gasteiger partial charge in [0.15, 0.2) is 5.58 Å². The van der Waals surface area contributed by atoms with Gasteiger partial charge in [0.2, 0.25) is 0 Å². The van der Waals surface area contributed by atoms with Gasteiger partial charge in [-0.25, -0.2) is 0 Å². The molecule has 0 aliphatic rings. The molecule has 9 aromatic rings. The Hall–Kier alpha value is -5.79. The molecule has 3 aromatic heterocycles. The number of benzene rings is 6. The summed E-state index contributed by atoms with van der Waals surface area (Å²) in [5, 5.41) is 16.1. The van der Waals surface area contributed by atoms with Gasteiger partial charge >= 0.3 is 0 Å². The van der Waals surface area contributed by atoms with E-state index in [0.29, 0.717) is 5.56 Å². The van der Waals surface area contributed by atoms with Crippen LogP contribution in [0.1, 0.15) is 16.7 Å². The number of hydrogen-bond acceptors (Lipinski definition) is 3. The van der Waals surface area contributed by atoms with Crippen LogP contribution < -0.4 is 0 Å². The maximum Gasteiger partial charge on any atom is 0.160 e. The van der Waals surface area contributed by atoms with Crippen LogP contribution in [0.3, 0.4) is 0 Å². The summed E-state index contributed by atoms with van der Waals surface area (Å²) in [6.45, 7) is 0. The normalized spacial score (nSPS) is 11.9. The lowest BCUT2D eigenvalue weighted by Gasteiger charge is -2.14. The highest BCUT2D eigenvalue weighted by Gasteiger charge is 2.20. The second-order valence-electron chi connectivity index (χ2n) is 10.9. The highest BCUT2D eigenvalue weighted by molar-refractivity contribution is 6.21. The molecule has 3 heterocycles. The highest BCUT2D eigenvalue weighted by Crippen LogP contribution is 2.41. The average molecular weight is 539 g/mol. The maximum absolute atomic E-state index is 9.45. The predicted octanol–water partition coefficient (Wildman–Crippen LogP) is 10.0. The van der Waals surface area contributed by atoms with E-state index in [1.165, 1.54) is 21.9 Å². The molecule has 0 saturated heterocycles. The minimum absolute atomic E-state index is 0.629. The molecule has 0 N–H and O–H groups in total. The van der Waals surface area contributed by atoms with Gasteiger partial charge in [0.25, 0.3) is 0 Å². The highest BCUT2D eigenvalue weighted by atomic mass is 16.3. The van der Waals surface area contributed by atoms with Gasteiger partial charge in [0.1, 0.15) is 16.7 Å². The molecule has 0 saturated carbocycles. The number of hydrogen-bond donors (Lipinski definition) is 0. The minimum atomic E-state index is 0.629. The second-order valence-corrected chi connectivity index (χ2v) is 10.9. The van der Waals surface area contributed by atoms with Crippen molar-refractivity contribution in [2.24, 2.45) is 0 Å². The van der Waals surface area contributed by atoms with Crippen LogP contribution in [0.4, 0.5) is 0 Å². The third kappa shape index (κ3) is 3.22. The topological polar surface area (TPSA) is 55.0 Å². The van der Waals surface area contributed by atoms with Crippen molar-refractivity contribution in [3.8, 4) is 11.8 Å². The molecular weight excluding hydrogens is 516 g/mol. The molecule has 42 heavy (non-hydrogen) atoms. The number of nitriles is 1. The van der Waals surface area contributed by atoms with Gasteiger partial charge in [-0.2, -0.15) is 5.26 Å². The zero-order chi connectivity index (χ0) is 27.8. The third-order valence-electron chi connectivity index (χ3n) is 8.47. The summed E-state index contributed by atoms with van der Waals surface area (Å²) in [6.07, 6.45) is 0.737. The average Bonchev–Trinajstić information content (AvgIpc) is 3.70. The van der Waals surface area contributed by atoms with E-state index >= 15 is 0 Å². The van der Waals surface area contributed by atoms with E-state index in [2.05, 4.69) is 95.6 Å². The van der Waals surface area contributed by atoms with Crippen LogP contribution in [0.15, 0.2) is 130 Å². The first kappa shape index (κ1) is 23.0. The van der Waals surface area contributed by atoms with E-state index in [-0.39, 0.29) is 0 Å². The largest absolute Gasteiger partial charge is 0.456 e. The van der Waals surface area contributed by atoms with Gasteiger partial charge in [-0.05, 0) is 72.1 Å². The zero-order valence-electron chi connectivity index (χ0n) is 22.5. The first-order valence-corrected chi connectivity index (χ1v) is 14.0. The Kier molecular flexibility index (Phi) is 4.70. The minimum Gasteiger partial charge on any atom is -0.456 e. The van der Waals surface area contributed by atoms with E-state index in [4.69, 9.17) is 8.83 Å². The van der Waals surface area contributed by atoms with Gasteiger partial charge in [-0.1, -0.05) is 66.7 Å². The lowest BCUT2D eigenvalue weighted by atomic mass is 10.0. The van der Waals surface area contributed by atoms with Crippen molar-refractivity contribution in [1.29, 1.82) is 5.26 Å². The fourth-order valence-electron chi connectivity index (χ4n) is 6.58. The van der Waals surface area contributed by atoms with E-state index in [0.717, 1.165) is 67.0 Å². The van der Waals surface area contributed by atoms with Crippen LogP contribution in [0.2, 0.25) is 0 Å². The first-order chi connectivity index (χ1) is 20.8. The van der Waals surface area contributed by atoms with Crippen molar-refractivity contribution in [3.63, 3.8) is 0 Å². The van der Waals surface area contributed by atoms with Gasteiger partial charge in [0, 0.05) is 38.0 Å². The van der Waals surface area contributed by atoms with Crippen molar-refractivity contribution < 1.29 is 8.83 Å². The SMILES string of the molecule is N#Cc1ccc2oc3ccc(Cc4ccccc4-n4c5ccccc5c5ccc6c7ccccc7oc6c54)cc3c2c1. The Balaban J connectivity index is 1.28. The fourth-order valence-corrected chi connectivity index (χ4v) is 6.58.